The number of ketones is 1. The van der Waals surface area contributed by atoms with Gasteiger partial charge >= 0.3 is 0 Å². The van der Waals surface area contributed by atoms with Gasteiger partial charge in [0.1, 0.15) is 6.10 Å². The van der Waals surface area contributed by atoms with E-state index in [1.54, 1.807) is 6.08 Å². The number of benzene rings is 1. The summed E-state index contributed by atoms with van der Waals surface area (Å²) in [5.74, 6) is -0.270. The van der Waals surface area contributed by atoms with E-state index in [1.807, 2.05) is 31.2 Å². The number of hydrogen-bond acceptors (Lipinski definition) is 2. The van der Waals surface area contributed by atoms with Crippen LogP contribution in [-0.2, 0) is 4.79 Å². The van der Waals surface area contributed by atoms with Gasteiger partial charge in [-0.2, -0.15) is 0 Å². The smallest absolute Gasteiger partial charge is 0.183 e. The van der Waals surface area contributed by atoms with Crippen LogP contribution in [0, 0.1) is 6.92 Å². The maximum Gasteiger partial charge on any atom is 0.183 e. The highest BCUT2D eigenvalue weighted by Crippen LogP contribution is 2.08. The predicted molar refractivity (Wildman–Crippen MR) is 56.9 cm³/mol. The van der Waals surface area contributed by atoms with Gasteiger partial charge in [0.15, 0.2) is 5.78 Å². The molecule has 1 rings (SSSR count). The van der Waals surface area contributed by atoms with Gasteiger partial charge in [-0.3, -0.25) is 4.79 Å². The fourth-order valence-corrected chi connectivity index (χ4v) is 1.08. The number of aliphatic hydroxyl groups is 1. The standard InChI is InChI=1S/C12H14O2/c1-9-5-3-4-6-11(9)7-8-12(14)10(2)13/h3-8,10,13H,1-2H3/b8-7+. The molecular weight excluding hydrogens is 176 g/mol. The highest BCUT2D eigenvalue weighted by molar-refractivity contribution is 5.96. The van der Waals surface area contributed by atoms with Crippen molar-refractivity contribution in [2.45, 2.75) is 20.0 Å². The lowest BCUT2D eigenvalue weighted by Gasteiger charge is -1.99. The monoisotopic (exact) mass is 190 g/mol. The summed E-state index contributed by atoms with van der Waals surface area (Å²) in [6, 6.07) is 7.77. The lowest BCUT2D eigenvalue weighted by Crippen LogP contribution is -2.12. The molecule has 0 aliphatic carbocycles. The fourth-order valence-electron chi connectivity index (χ4n) is 1.08. The molecule has 0 amide bonds. The van der Waals surface area contributed by atoms with E-state index in [4.69, 9.17) is 5.11 Å². The second kappa shape index (κ2) is 4.72. The molecule has 0 fully saturated rings. The molecule has 1 unspecified atom stereocenters. The molecule has 74 valence electrons. The van der Waals surface area contributed by atoms with Gasteiger partial charge < -0.3 is 5.11 Å². The van der Waals surface area contributed by atoms with Gasteiger partial charge in [0, 0.05) is 0 Å². The van der Waals surface area contributed by atoms with E-state index in [0.29, 0.717) is 0 Å². The molecule has 0 radical (unpaired) electrons. The first-order chi connectivity index (χ1) is 6.61. The van der Waals surface area contributed by atoms with Crippen molar-refractivity contribution in [3.05, 3.63) is 41.5 Å². The van der Waals surface area contributed by atoms with Crippen molar-refractivity contribution in [2.24, 2.45) is 0 Å². The first kappa shape index (κ1) is 10.7. The van der Waals surface area contributed by atoms with Crippen LogP contribution in [0.15, 0.2) is 30.3 Å². The van der Waals surface area contributed by atoms with Crippen LogP contribution in [0.2, 0.25) is 0 Å². The van der Waals surface area contributed by atoms with Crippen molar-refractivity contribution in [1.82, 2.24) is 0 Å². The SMILES string of the molecule is Cc1ccccc1/C=C/C(=O)C(C)O. The molecule has 1 aromatic rings. The number of aliphatic hydroxyl groups excluding tert-OH is 1. The Bertz CT molecular complexity index is 351. The van der Waals surface area contributed by atoms with Crippen molar-refractivity contribution >= 4 is 11.9 Å². The van der Waals surface area contributed by atoms with Gasteiger partial charge in [-0.05, 0) is 31.1 Å². The molecule has 0 aliphatic rings. The Labute approximate surface area is 83.9 Å². The van der Waals surface area contributed by atoms with Crippen LogP contribution >= 0.6 is 0 Å². The van der Waals surface area contributed by atoms with Crippen LogP contribution in [0.4, 0.5) is 0 Å². The summed E-state index contributed by atoms with van der Waals surface area (Å²) >= 11 is 0. The molecule has 2 nitrogen and oxygen atoms in total. The molecule has 1 N–H and O–H groups in total. The molecular formula is C12H14O2. The van der Waals surface area contributed by atoms with Gasteiger partial charge in [0.25, 0.3) is 0 Å². The molecule has 0 bridgehead atoms. The Morgan fingerprint density at radius 1 is 1.43 bits per heavy atom. The molecule has 0 aliphatic heterocycles. The number of carbonyl (C=O) groups is 1. The van der Waals surface area contributed by atoms with Crippen molar-refractivity contribution in [3.63, 3.8) is 0 Å². The average Bonchev–Trinajstić information content (AvgIpc) is 2.16. The van der Waals surface area contributed by atoms with E-state index in [0.717, 1.165) is 11.1 Å². The van der Waals surface area contributed by atoms with E-state index >= 15 is 0 Å². The molecule has 1 aromatic carbocycles. The van der Waals surface area contributed by atoms with Crippen LogP contribution in [0.3, 0.4) is 0 Å². The third kappa shape index (κ3) is 2.82. The normalized spacial score (nSPS) is 13.1. The van der Waals surface area contributed by atoms with Crippen LogP contribution in [-0.4, -0.2) is 17.0 Å². The van der Waals surface area contributed by atoms with Crippen molar-refractivity contribution < 1.29 is 9.90 Å². The van der Waals surface area contributed by atoms with Crippen LogP contribution in [0.25, 0.3) is 6.08 Å². The summed E-state index contributed by atoms with van der Waals surface area (Å²) in [7, 11) is 0. The minimum atomic E-state index is -0.921. The summed E-state index contributed by atoms with van der Waals surface area (Å²) in [6.45, 7) is 3.44. The minimum Gasteiger partial charge on any atom is -0.385 e. The summed E-state index contributed by atoms with van der Waals surface area (Å²) in [5, 5.41) is 8.97. The quantitative estimate of drug-likeness (QED) is 0.740. The van der Waals surface area contributed by atoms with Gasteiger partial charge in [-0.1, -0.05) is 30.3 Å². The van der Waals surface area contributed by atoms with Crippen LogP contribution in [0.5, 0.6) is 0 Å². The lowest BCUT2D eigenvalue weighted by molar-refractivity contribution is -0.121. The van der Waals surface area contributed by atoms with Gasteiger partial charge in [0.05, 0.1) is 0 Å². The molecule has 14 heavy (non-hydrogen) atoms. The fraction of sp³-hybridized carbons (Fsp3) is 0.250. The Kier molecular flexibility index (Phi) is 3.60. The molecule has 1 atom stereocenters. The first-order valence-electron chi connectivity index (χ1n) is 4.57. The Morgan fingerprint density at radius 3 is 2.64 bits per heavy atom. The predicted octanol–water partition coefficient (Wildman–Crippen LogP) is 1.96. The second-order valence-electron chi connectivity index (χ2n) is 3.27. The highest BCUT2D eigenvalue weighted by Gasteiger charge is 2.03. The third-order valence-corrected chi connectivity index (χ3v) is 2.03. The van der Waals surface area contributed by atoms with Crippen LogP contribution < -0.4 is 0 Å². The van der Waals surface area contributed by atoms with Gasteiger partial charge in [-0.15, -0.1) is 0 Å². The zero-order valence-electron chi connectivity index (χ0n) is 8.40. The van der Waals surface area contributed by atoms with E-state index in [1.165, 1.54) is 13.0 Å². The topological polar surface area (TPSA) is 37.3 Å². The highest BCUT2D eigenvalue weighted by atomic mass is 16.3. The zero-order valence-corrected chi connectivity index (χ0v) is 8.40. The van der Waals surface area contributed by atoms with Gasteiger partial charge in [-0.25, -0.2) is 0 Å². The number of carbonyl (C=O) groups excluding carboxylic acids is 1. The maximum absolute atomic E-state index is 11.1. The Morgan fingerprint density at radius 2 is 2.07 bits per heavy atom. The first-order valence-corrected chi connectivity index (χ1v) is 4.57. The molecule has 0 spiro atoms. The maximum atomic E-state index is 11.1. The largest absolute Gasteiger partial charge is 0.385 e. The lowest BCUT2D eigenvalue weighted by atomic mass is 10.1. The Balaban J connectivity index is 2.79. The summed E-state index contributed by atoms with van der Waals surface area (Å²) in [4.78, 5) is 11.1. The molecule has 0 aromatic heterocycles. The zero-order chi connectivity index (χ0) is 10.6. The number of aryl methyl sites for hydroxylation is 1. The molecule has 0 heterocycles. The molecule has 0 saturated heterocycles. The second-order valence-corrected chi connectivity index (χ2v) is 3.27. The van der Waals surface area contributed by atoms with Crippen molar-refractivity contribution in [2.75, 3.05) is 0 Å². The average molecular weight is 190 g/mol. The summed E-state index contributed by atoms with van der Waals surface area (Å²) in [6.07, 6.45) is 2.22. The van der Waals surface area contributed by atoms with Crippen LogP contribution in [0.1, 0.15) is 18.1 Å². The van der Waals surface area contributed by atoms with E-state index in [2.05, 4.69) is 0 Å². The number of hydrogen-bond donors (Lipinski definition) is 1. The van der Waals surface area contributed by atoms with E-state index < -0.39 is 6.10 Å². The molecule has 2 heteroatoms. The van der Waals surface area contributed by atoms with Gasteiger partial charge in [0.2, 0.25) is 0 Å². The van der Waals surface area contributed by atoms with Crippen molar-refractivity contribution in [1.29, 1.82) is 0 Å². The van der Waals surface area contributed by atoms with E-state index in [-0.39, 0.29) is 5.78 Å². The number of rotatable bonds is 3. The van der Waals surface area contributed by atoms with E-state index in [9.17, 15) is 4.79 Å². The summed E-state index contributed by atoms with van der Waals surface area (Å²) in [5.41, 5.74) is 2.11. The molecule has 0 saturated carbocycles. The third-order valence-electron chi connectivity index (χ3n) is 2.03. The van der Waals surface area contributed by atoms with Crippen molar-refractivity contribution in [3.8, 4) is 0 Å². The Hall–Kier alpha value is -1.41. The minimum absolute atomic E-state index is 0.270. The summed E-state index contributed by atoms with van der Waals surface area (Å²) < 4.78 is 0.